The van der Waals surface area contributed by atoms with Crippen molar-refractivity contribution in [3.8, 4) is 0 Å². The van der Waals surface area contributed by atoms with Crippen molar-refractivity contribution in [2.24, 2.45) is 0 Å². The van der Waals surface area contributed by atoms with Crippen LogP contribution in [0.25, 0.3) is 0 Å². The largest absolute Gasteiger partial charge is 0.381 e. The molecule has 1 fully saturated rings. The van der Waals surface area contributed by atoms with Gasteiger partial charge in [0.05, 0.1) is 5.69 Å². The van der Waals surface area contributed by atoms with Gasteiger partial charge in [0.2, 0.25) is 5.91 Å². The van der Waals surface area contributed by atoms with Gasteiger partial charge in [-0.1, -0.05) is 28.1 Å². The molecule has 1 aromatic carbocycles. The minimum atomic E-state index is -0.0766. The lowest BCUT2D eigenvalue weighted by atomic mass is 9.74. The summed E-state index contributed by atoms with van der Waals surface area (Å²) in [6, 6.07) is 10.3. The second-order valence-electron chi connectivity index (χ2n) is 6.76. The van der Waals surface area contributed by atoms with Crippen LogP contribution in [-0.4, -0.2) is 35.4 Å². The minimum Gasteiger partial charge on any atom is -0.381 e. The Bertz CT molecular complexity index is 751. The highest BCUT2D eigenvalue weighted by Crippen LogP contribution is 2.35. The van der Waals surface area contributed by atoms with Crippen LogP contribution >= 0.6 is 15.9 Å². The average molecular weight is 406 g/mol. The zero-order valence-electron chi connectivity index (χ0n) is 14.7. The number of ether oxygens (including phenoxy) is 1. The number of aryl methyl sites for hydroxylation is 2. The van der Waals surface area contributed by atoms with E-state index >= 15 is 0 Å². The van der Waals surface area contributed by atoms with Gasteiger partial charge in [0, 0.05) is 35.3 Å². The van der Waals surface area contributed by atoms with E-state index in [0.29, 0.717) is 6.54 Å². The van der Waals surface area contributed by atoms with Crippen LogP contribution < -0.4 is 5.32 Å². The molecule has 1 amide bonds. The molecule has 6 heteroatoms. The standard InChI is InChI=1S/C19H24BrN3O2/c1-14-10-15(2)23(22-14)12-18(24)21-13-19(6-8-25-9-7-19)16-4-3-5-17(20)11-16/h3-5,10-11H,6-9,12-13H2,1-2H3,(H,21,24). The number of rotatable bonds is 5. The molecule has 25 heavy (non-hydrogen) atoms. The van der Waals surface area contributed by atoms with E-state index in [1.165, 1.54) is 5.56 Å². The van der Waals surface area contributed by atoms with Gasteiger partial charge < -0.3 is 10.1 Å². The van der Waals surface area contributed by atoms with Crippen LogP contribution in [0, 0.1) is 13.8 Å². The van der Waals surface area contributed by atoms with Crippen molar-refractivity contribution in [3.05, 3.63) is 51.8 Å². The minimum absolute atomic E-state index is 0.00735. The van der Waals surface area contributed by atoms with E-state index in [1.807, 2.05) is 32.0 Å². The smallest absolute Gasteiger partial charge is 0.241 e. The molecule has 1 aliphatic heterocycles. The number of hydrogen-bond acceptors (Lipinski definition) is 3. The van der Waals surface area contributed by atoms with Crippen LogP contribution in [0.4, 0.5) is 0 Å². The molecule has 2 heterocycles. The molecule has 0 radical (unpaired) electrons. The molecule has 0 saturated carbocycles. The van der Waals surface area contributed by atoms with Gasteiger partial charge in [-0.3, -0.25) is 9.48 Å². The zero-order valence-corrected chi connectivity index (χ0v) is 16.3. The molecule has 0 unspecified atom stereocenters. The highest BCUT2D eigenvalue weighted by Gasteiger charge is 2.35. The van der Waals surface area contributed by atoms with Crippen LogP contribution in [0.2, 0.25) is 0 Å². The molecular weight excluding hydrogens is 382 g/mol. The summed E-state index contributed by atoms with van der Waals surface area (Å²) in [5.74, 6) is -0.00735. The van der Waals surface area contributed by atoms with E-state index in [2.05, 4.69) is 38.5 Å². The van der Waals surface area contributed by atoms with Gasteiger partial charge in [0.15, 0.2) is 0 Å². The number of hydrogen-bond donors (Lipinski definition) is 1. The quantitative estimate of drug-likeness (QED) is 0.830. The van der Waals surface area contributed by atoms with Crippen molar-refractivity contribution < 1.29 is 9.53 Å². The molecule has 1 N–H and O–H groups in total. The first kappa shape index (κ1) is 18.1. The van der Waals surface area contributed by atoms with Gasteiger partial charge in [0.25, 0.3) is 0 Å². The Morgan fingerprint density at radius 3 is 2.72 bits per heavy atom. The Morgan fingerprint density at radius 2 is 2.08 bits per heavy atom. The maximum atomic E-state index is 12.4. The maximum absolute atomic E-state index is 12.4. The third-order valence-electron chi connectivity index (χ3n) is 4.91. The summed E-state index contributed by atoms with van der Waals surface area (Å²) in [5, 5.41) is 7.49. The third kappa shape index (κ3) is 4.30. The number of carbonyl (C=O) groups is 1. The van der Waals surface area contributed by atoms with E-state index < -0.39 is 0 Å². The fraction of sp³-hybridized carbons (Fsp3) is 0.474. The predicted molar refractivity (Wildman–Crippen MR) is 101 cm³/mol. The fourth-order valence-electron chi connectivity index (χ4n) is 3.44. The highest BCUT2D eigenvalue weighted by atomic mass is 79.9. The summed E-state index contributed by atoms with van der Waals surface area (Å²) in [5.41, 5.74) is 3.10. The molecular formula is C19H24BrN3O2. The first-order valence-corrected chi connectivity index (χ1v) is 9.39. The molecule has 1 aliphatic rings. The van der Waals surface area contributed by atoms with E-state index in [1.54, 1.807) is 4.68 Å². The lowest BCUT2D eigenvalue weighted by molar-refractivity contribution is -0.122. The number of nitrogens with zero attached hydrogens (tertiary/aromatic N) is 2. The Labute approximate surface area is 156 Å². The second-order valence-corrected chi connectivity index (χ2v) is 7.68. The van der Waals surface area contributed by atoms with E-state index in [4.69, 9.17) is 4.74 Å². The van der Waals surface area contributed by atoms with Crippen molar-refractivity contribution >= 4 is 21.8 Å². The number of carbonyl (C=O) groups excluding carboxylic acids is 1. The highest BCUT2D eigenvalue weighted by molar-refractivity contribution is 9.10. The molecule has 5 nitrogen and oxygen atoms in total. The molecule has 0 aliphatic carbocycles. The molecule has 0 atom stereocenters. The Morgan fingerprint density at radius 1 is 1.32 bits per heavy atom. The zero-order chi connectivity index (χ0) is 17.9. The van der Waals surface area contributed by atoms with Gasteiger partial charge in [-0.2, -0.15) is 5.10 Å². The summed E-state index contributed by atoms with van der Waals surface area (Å²) < 4.78 is 8.37. The lowest BCUT2D eigenvalue weighted by Crippen LogP contribution is -2.45. The summed E-state index contributed by atoms with van der Waals surface area (Å²) in [4.78, 5) is 12.4. The summed E-state index contributed by atoms with van der Waals surface area (Å²) in [6.45, 7) is 6.22. The molecule has 1 aromatic heterocycles. The van der Waals surface area contributed by atoms with E-state index in [0.717, 1.165) is 41.9 Å². The SMILES string of the molecule is Cc1cc(C)n(CC(=O)NCC2(c3cccc(Br)c3)CCOCC2)n1. The molecule has 0 bridgehead atoms. The second kappa shape index (κ2) is 7.70. The molecule has 2 aromatic rings. The van der Waals surface area contributed by atoms with Gasteiger partial charge >= 0.3 is 0 Å². The van der Waals surface area contributed by atoms with Crippen LogP contribution in [0.5, 0.6) is 0 Å². The number of aromatic nitrogens is 2. The first-order valence-electron chi connectivity index (χ1n) is 8.60. The predicted octanol–water partition coefficient (Wildman–Crippen LogP) is 3.13. The third-order valence-corrected chi connectivity index (χ3v) is 5.40. The molecule has 3 rings (SSSR count). The van der Waals surface area contributed by atoms with Gasteiger partial charge in [-0.15, -0.1) is 0 Å². The van der Waals surface area contributed by atoms with Gasteiger partial charge in [-0.25, -0.2) is 0 Å². The Balaban J connectivity index is 1.71. The lowest BCUT2D eigenvalue weighted by Gasteiger charge is -2.38. The van der Waals surface area contributed by atoms with E-state index in [9.17, 15) is 4.79 Å². The maximum Gasteiger partial charge on any atom is 0.241 e. The number of benzene rings is 1. The molecule has 0 spiro atoms. The molecule has 1 saturated heterocycles. The van der Waals surface area contributed by atoms with Crippen LogP contribution in [-0.2, 0) is 21.5 Å². The number of halogens is 1. The Kier molecular flexibility index (Phi) is 5.59. The van der Waals surface area contributed by atoms with E-state index in [-0.39, 0.29) is 17.9 Å². The topological polar surface area (TPSA) is 56.2 Å². The average Bonchev–Trinajstić information content (AvgIpc) is 2.91. The Hall–Kier alpha value is -1.66. The normalized spacial score (nSPS) is 16.6. The molecule has 134 valence electrons. The van der Waals surface area contributed by atoms with Crippen LogP contribution in [0.15, 0.2) is 34.8 Å². The van der Waals surface area contributed by atoms with Crippen molar-refractivity contribution in [2.75, 3.05) is 19.8 Å². The number of amides is 1. The first-order chi connectivity index (χ1) is 12.0. The van der Waals surface area contributed by atoms with Gasteiger partial charge in [-0.05, 0) is 50.5 Å². The van der Waals surface area contributed by atoms with Crippen molar-refractivity contribution in [1.82, 2.24) is 15.1 Å². The van der Waals surface area contributed by atoms with Crippen LogP contribution in [0.3, 0.4) is 0 Å². The van der Waals surface area contributed by atoms with Crippen molar-refractivity contribution in [3.63, 3.8) is 0 Å². The van der Waals surface area contributed by atoms with Gasteiger partial charge in [0.1, 0.15) is 6.54 Å². The summed E-state index contributed by atoms with van der Waals surface area (Å²) in [6.07, 6.45) is 1.81. The fourth-order valence-corrected chi connectivity index (χ4v) is 3.84. The number of nitrogens with one attached hydrogen (secondary N) is 1. The summed E-state index contributed by atoms with van der Waals surface area (Å²) in [7, 11) is 0. The van der Waals surface area contributed by atoms with Crippen molar-refractivity contribution in [2.45, 2.75) is 38.6 Å². The van der Waals surface area contributed by atoms with Crippen LogP contribution in [0.1, 0.15) is 29.8 Å². The van der Waals surface area contributed by atoms with Crippen molar-refractivity contribution in [1.29, 1.82) is 0 Å². The monoisotopic (exact) mass is 405 g/mol. The summed E-state index contributed by atoms with van der Waals surface area (Å²) >= 11 is 3.56.